The molecule has 10 heteroatoms. The van der Waals surface area contributed by atoms with Crippen LogP contribution in [-0.4, -0.2) is 46.1 Å². The monoisotopic (exact) mass is 385 g/mol. The molecule has 0 aromatic heterocycles. The number of nitro groups is 1. The number of morpholine rings is 1. The van der Waals surface area contributed by atoms with Gasteiger partial charge in [0.2, 0.25) is 3.79 Å². The Hall–Kier alpha value is -0.280. The topological polar surface area (TPSA) is 67.6 Å². The molecule has 22 heavy (non-hydrogen) atoms. The number of para-hydroxylation sites is 1. The van der Waals surface area contributed by atoms with Gasteiger partial charge < -0.3 is 4.74 Å². The van der Waals surface area contributed by atoms with Gasteiger partial charge in [0.05, 0.1) is 18.1 Å². The zero-order valence-corrected chi connectivity index (χ0v) is 14.5. The fourth-order valence-electron chi connectivity index (χ4n) is 2.00. The summed E-state index contributed by atoms with van der Waals surface area (Å²) in [5.74, 6) is 0. The first-order valence-electron chi connectivity index (χ1n) is 6.44. The maximum Gasteiger partial charge on any atom is 0.284 e. The SMILES string of the molecule is O=[N+]([O-])c1ccccc1SN[C@H](N1CCOCC1)C(Cl)(Cl)Cl. The van der Waals surface area contributed by atoms with Crippen LogP contribution in [0.5, 0.6) is 0 Å². The number of alkyl halides is 3. The van der Waals surface area contributed by atoms with Crippen molar-refractivity contribution in [3.63, 3.8) is 0 Å². The van der Waals surface area contributed by atoms with E-state index >= 15 is 0 Å². The molecular formula is C12H14Cl3N3O3S. The summed E-state index contributed by atoms with van der Waals surface area (Å²) < 4.78 is 6.73. The molecule has 0 amide bonds. The first-order valence-corrected chi connectivity index (χ1v) is 8.39. The number of benzene rings is 1. The minimum Gasteiger partial charge on any atom is -0.379 e. The molecule has 2 rings (SSSR count). The normalized spacial score (nSPS) is 18.1. The third kappa shape index (κ3) is 4.86. The van der Waals surface area contributed by atoms with E-state index in [1.54, 1.807) is 18.2 Å². The lowest BCUT2D eigenvalue weighted by atomic mass is 10.3. The summed E-state index contributed by atoms with van der Waals surface area (Å²) in [6.07, 6.45) is -0.591. The van der Waals surface area contributed by atoms with Crippen molar-refractivity contribution in [2.75, 3.05) is 26.3 Å². The molecule has 122 valence electrons. The van der Waals surface area contributed by atoms with Crippen molar-refractivity contribution in [2.45, 2.75) is 14.9 Å². The van der Waals surface area contributed by atoms with Gasteiger partial charge in [-0.05, 0) is 18.0 Å². The summed E-state index contributed by atoms with van der Waals surface area (Å²) in [5, 5.41) is 11.0. The van der Waals surface area contributed by atoms with Crippen LogP contribution in [0.3, 0.4) is 0 Å². The maximum absolute atomic E-state index is 11.0. The van der Waals surface area contributed by atoms with Crippen LogP contribution in [0, 0.1) is 10.1 Å². The van der Waals surface area contributed by atoms with E-state index in [0.29, 0.717) is 31.2 Å². The quantitative estimate of drug-likeness (QED) is 0.363. The number of hydrogen-bond donors (Lipinski definition) is 1. The largest absolute Gasteiger partial charge is 0.379 e. The Morgan fingerprint density at radius 1 is 1.32 bits per heavy atom. The van der Waals surface area contributed by atoms with Crippen LogP contribution in [0.1, 0.15) is 0 Å². The van der Waals surface area contributed by atoms with Gasteiger partial charge in [0.1, 0.15) is 11.1 Å². The van der Waals surface area contributed by atoms with Gasteiger partial charge >= 0.3 is 0 Å². The number of nitro benzene ring substituents is 1. The molecule has 0 spiro atoms. The number of halogens is 3. The molecule has 6 nitrogen and oxygen atoms in total. The average Bonchev–Trinajstić information content (AvgIpc) is 2.47. The molecule has 1 atom stereocenters. The Kier molecular flexibility index (Phi) is 6.58. The Bertz CT molecular complexity index is 524. The Morgan fingerprint density at radius 2 is 1.95 bits per heavy atom. The molecule has 0 saturated carbocycles. The van der Waals surface area contributed by atoms with Gasteiger partial charge in [-0.25, -0.2) is 4.72 Å². The standard InChI is InChI=1S/C12H14Cl3N3O3S/c13-12(14,15)11(17-5-7-21-8-6-17)16-22-10-4-2-1-3-9(10)18(19)20/h1-4,11,16H,5-8H2/t11-/m1/s1. The lowest BCUT2D eigenvalue weighted by Crippen LogP contribution is -2.55. The second-order valence-corrected chi connectivity index (χ2v) is 7.79. The fourth-order valence-corrected chi connectivity index (χ4v) is 3.73. The third-order valence-electron chi connectivity index (χ3n) is 3.06. The van der Waals surface area contributed by atoms with Crippen LogP contribution in [0.25, 0.3) is 0 Å². The molecule has 0 bridgehead atoms. The molecule has 1 aromatic carbocycles. The molecule has 1 aromatic rings. The molecule has 1 heterocycles. The first-order chi connectivity index (χ1) is 10.4. The van der Waals surface area contributed by atoms with Crippen molar-refractivity contribution in [3.05, 3.63) is 34.4 Å². The Labute approximate surface area is 147 Å². The van der Waals surface area contributed by atoms with E-state index in [0.717, 1.165) is 11.9 Å². The lowest BCUT2D eigenvalue weighted by Gasteiger charge is -2.38. The van der Waals surface area contributed by atoms with Crippen molar-refractivity contribution in [3.8, 4) is 0 Å². The van der Waals surface area contributed by atoms with Crippen molar-refractivity contribution >= 4 is 52.4 Å². The van der Waals surface area contributed by atoms with Gasteiger partial charge in [0.25, 0.3) is 5.69 Å². The molecular weight excluding hydrogens is 373 g/mol. The van der Waals surface area contributed by atoms with Crippen LogP contribution < -0.4 is 4.72 Å². The van der Waals surface area contributed by atoms with E-state index in [1.807, 2.05) is 4.90 Å². The molecule has 0 unspecified atom stereocenters. The molecule has 1 aliphatic heterocycles. The molecule has 1 aliphatic rings. The van der Waals surface area contributed by atoms with Crippen molar-refractivity contribution in [2.24, 2.45) is 0 Å². The van der Waals surface area contributed by atoms with E-state index < -0.39 is 14.9 Å². The van der Waals surface area contributed by atoms with Crippen LogP contribution >= 0.6 is 46.8 Å². The predicted molar refractivity (Wildman–Crippen MR) is 88.6 cm³/mol. The second-order valence-electron chi connectivity index (χ2n) is 4.54. The summed E-state index contributed by atoms with van der Waals surface area (Å²) in [5.41, 5.74) is 0.00467. The number of rotatable bonds is 5. The Morgan fingerprint density at radius 3 is 2.55 bits per heavy atom. The van der Waals surface area contributed by atoms with Gasteiger partial charge in [-0.15, -0.1) is 0 Å². The van der Waals surface area contributed by atoms with Crippen molar-refractivity contribution in [1.29, 1.82) is 0 Å². The van der Waals surface area contributed by atoms with Gasteiger partial charge in [0, 0.05) is 19.2 Å². The second kappa shape index (κ2) is 8.01. The summed E-state index contributed by atoms with van der Waals surface area (Å²) in [6, 6.07) is 6.40. The zero-order valence-electron chi connectivity index (χ0n) is 11.4. The minimum absolute atomic E-state index is 0.00467. The average molecular weight is 387 g/mol. The van der Waals surface area contributed by atoms with Gasteiger partial charge in [-0.3, -0.25) is 15.0 Å². The predicted octanol–water partition coefficient (Wildman–Crippen LogP) is 3.22. The molecule has 1 fully saturated rings. The smallest absolute Gasteiger partial charge is 0.284 e. The summed E-state index contributed by atoms with van der Waals surface area (Å²) in [7, 11) is 0. The summed E-state index contributed by atoms with van der Waals surface area (Å²) in [4.78, 5) is 13.0. The summed E-state index contributed by atoms with van der Waals surface area (Å²) in [6.45, 7) is 2.33. The highest BCUT2D eigenvalue weighted by Crippen LogP contribution is 2.35. The van der Waals surface area contributed by atoms with E-state index in [4.69, 9.17) is 39.5 Å². The van der Waals surface area contributed by atoms with E-state index in [-0.39, 0.29) is 5.69 Å². The lowest BCUT2D eigenvalue weighted by molar-refractivity contribution is -0.387. The van der Waals surface area contributed by atoms with E-state index in [2.05, 4.69) is 4.72 Å². The van der Waals surface area contributed by atoms with E-state index in [9.17, 15) is 10.1 Å². The highest BCUT2D eigenvalue weighted by Gasteiger charge is 2.38. The van der Waals surface area contributed by atoms with Crippen LogP contribution in [0.15, 0.2) is 29.2 Å². The van der Waals surface area contributed by atoms with Crippen LogP contribution in [-0.2, 0) is 4.74 Å². The van der Waals surface area contributed by atoms with Crippen LogP contribution in [0.2, 0.25) is 0 Å². The van der Waals surface area contributed by atoms with Gasteiger partial charge in [-0.1, -0.05) is 46.9 Å². The van der Waals surface area contributed by atoms with Gasteiger partial charge in [-0.2, -0.15) is 0 Å². The zero-order chi connectivity index (χ0) is 16.2. The first kappa shape index (κ1) is 18.1. The van der Waals surface area contributed by atoms with Gasteiger partial charge in [0.15, 0.2) is 0 Å². The highest BCUT2D eigenvalue weighted by atomic mass is 35.6. The van der Waals surface area contributed by atoms with Crippen molar-refractivity contribution in [1.82, 2.24) is 9.62 Å². The number of nitrogens with one attached hydrogen (secondary N) is 1. The van der Waals surface area contributed by atoms with Crippen molar-refractivity contribution < 1.29 is 9.66 Å². The molecule has 1 saturated heterocycles. The number of hydrogen-bond acceptors (Lipinski definition) is 6. The number of nitrogens with zero attached hydrogens (tertiary/aromatic N) is 2. The fraction of sp³-hybridized carbons (Fsp3) is 0.500. The Balaban J connectivity index is 2.10. The molecule has 0 radical (unpaired) electrons. The third-order valence-corrected chi connectivity index (χ3v) is 4.59. The minimum atomic E-state index is -1.58. The maximum atomic E-state index is 11.0. The molecule has 1 N–H and O–H groups in total. The molecule has 0 aliphatic carbocycles. The number of ether oxygens (including phenoxy) is 1. The van der Waals surface area contributed by atoms with Crippen LogP contribution in [0.4, 0.5) is 5.69 Å². The highest BCUT2D eigenvalue weighted by molar-refractivity contribution is 7.97. The summed E-state index contributed by atoms with van der Waals surface area (Å²) >= 11 is 19.2. The van der Waals surface area contributed by atoms with E-state index in [1.165, 1.54) is 6.07 Å².